The molecule has 0 aromatic heterocycles. The van der Waals surface area contributed by atoms with Crippen LogP contribution in [0.2, 0.25) is 0 Å². The van der Waals surface area contributed by atoms with Gasteiger partial charge in [0.1, 0.15) is 11.6 Å². The van der Waals surface area contributed by atoms with E-state index in [1.165, 1.54) is 18.6 Å². The molecule has 4 nitrogen and oxygen atoms in total. The summed E-state index contributed by atoms with van der Waals surface area (Å²) in [6, 6.07) is 3.98. The molecule has 3 N–H and O–H groups in total. The minimum atomic E-state index is -0.702. The monoisotopic (exact) mass is 252 g/mol. The molecule has 0 aliphatic carbocycles. The fourth-order valence-corrected chi connectivity index (χ4v) is 2.15. The molecule has 1 aliphatic rings. The normalized spacial score (nSPS) is 18.8. The molecular weight excluding hydrogens is 235 g/mol. The third-order valence-electron chi connectivity index (χ3n) is 3.14. The number of halogens is 1. The molecule has 1 aromatic carbocycles. The molecule has 0 unspecified atom stereocenters. The number of phenols is 1. The molecule has 18 heavy (non-hydrogen) atoms. The Labute approximate surface area is 105 Å². The Hall–Kier alpha value is -1.62. The molecule has 0 spiro atoms. The fourth-order valence-electron chi connectivity index (χ4n) is 2.15. The lowest BCUT2D eigenvalue weighted by molar-refractivity contribution is 0.0948. The topological polar surface area (TPSA) is 61.4 Å². The predicted molar refractivity (Wildman–Crippen MR) is 66.0 cm³/mol. The summed E-state index contributed by atoms with van der Waals surface area (Å²) in [5.74, 6) is -1.32. The number of hydrogen-bond acceptors (Lipinski definition) is 3. The van der Waals surface area contributed by atoms with Gasteiger partial charge in [-0.15, -0.1) is 0 Å². The number of amides is 1. The van der Waals surface area contributed by atoms with Crippen molar-refractivity contribution in [3.05, 3.63) is 29.6 Å². The van der Waals surface area contributed by atoms with Gasteiger partial charge in [-0.1, -0.05) is 0 Å². The van der Waals surface area contributed by atoms with Gasteiger partial charge in [0, 0.05) is 18.7 Å². The summed E-state index contributed by atoms with van der Waals surface area (Å²) >= 11 is 0. The molecule has 1 amide bonds. The first-order valence-electron chi connectivity index (χ1n) is 6.17. The van der Waals surface area contributed by atoms with Crippen LogP contribution in [0, 0.1) is 5.82 Å². The zero-order valence-corrected chi connectivity index (χ0v) is 10.1. The van der Waals surface area contributed by atoms with E-state index in [-0.39, 0.29) is 11.3 Å². The van der Waals surface area contributed by atoms with Crippen molar-refractivity contribution in [3.63, 3.8) is 0 Å². The van der Waals surface area contributed by atoms with Gasteiger partial charge in [-0.05, 0) is 37.9 Å². The second kappa shape index (κ2) is 5.82. The molecule has 1 atom stereocenters. The minimum absolute atomic E-state index is 0.0350. The predicted octanol–water partition coefficient (Wildman–Crippen LogP) is 1.40. The van der Waals surface area contributed by atoms with Crippen molar-refractivity contribution in [1.29, 1.82) is 0 Å². The maximum absolute atomic E-state index is 13.4. The summed E-state index contributed by atoms with van der Waals surface area (Å²) in [6.07, 6.45) is 3.15. The molecule has 1 aromatic rings. The summed E-state index contributed by atoms with van der Waals surface area (Å²) in [5.41, 5.74) is -0.0350. The SMILES string of the molecule is O=C(NCC[C@@H]1CCCN1)c1ccc(O)cc1F. The lowest BCUT2D eigenvalue weighted by Crippen LogP contribution is -2.31. The molecule has 98 valence electrons. The second-order valence-corrected chi connectivity index (χ2v) is 4.50. The fraction of sp³-hybridized carbons (Fsp3) is 0.462. The number of nitrogens with one attached hydrogen (secondary N) is 2. The minimum Gasteiger partial charge on any atom is -0.508 e. The summed E-state index contributed by atoms with van der Waals surface area (Å²) in [6.45, 7) is 1.56. The van der Waals surface area contributed by atoms with Gasteiger partial charge >= 0.3 is 0 Å². The van der Waals surface area contributed by atoms with Gasteiger partial charge in [0.05, 0.1) is 5.56 Å². The van der Waals surface area contributed by atoms with Crippen LogP contribution in [0.3, 0.4) is 0 Å². The van der Waals surface area contributed by atoms with Crippen molar-refractivity contribution in [2.75, 3.05) is 13.1 Å². The maximum atomic E-state index is 13.4. The highest BCUT2D eigenvalue weighted by Gasteiger charge is 2.15. The van der Waals surface area contributed by atoms with Crippen molar-refractivity contribution >= 4 is 5.91 Å². The first kappa shape index (κ1) is 12.8. The molecule has 0 radical (unpaired) electrons. The standard InChI is InChI=1S/C13H17FN2O2/c14-12-8-10(17)3-4-11(12)13(18)16-7-5-9-2-1-6-15-9/h3-4,8-9,15,17H,1-2,5-7H2,(H,16,18)/t9-/m0/s1. The first-order valence-corrected chi connectivity index (χ1v) is 6.17. The summed E-state index contributed by atoms with van der Waals surface area (Å²) < 4.78 is 13.4. The Morgan fingerprint density at radius 3 is 3.06 bits per heavy atom. The van der Waals surface area contributed by atoms with Gasteiger partial charge in [-0.3, -0.25) is 4.79 Å². The van der Waals surface area contributed by atoms with Crippen LogP contribution in [0.4, 0.5) is 4.39 Å². The van der Waals surface area contributed by atoms with Crippen molar-refractivity contribution in [2.24, 2.45) is 0 Å². The third kappa shape index (κ3) is 3.20. The first-order chi connectivity index (χ1) is 8.66. The lowest BCUT2D eigenvalue weighted by Gasteiger charge is -2.11. The Kier molecular flexibility index (Phi) is 4.15. The van der Waals surface area contributed by atoms with E-state index in [1.54, 1.807) is 0 Å². The third-order valence-corrected chi connectivity index (χ3v) is 3.14. The Bertz CT molecular complexity index is 431. The second-order valence-electron chi connectivity index (χ2n) is 4.50. The maximum Gasteiger partial charge on any atom is 0.254 e. The smallest absolute Gasteiger partial charge is 0.254 e. The largest absolute Gasteiger partial charge is 0.508 e. The highest BCUT2D eigenvalue weighted by molar-refractivity contribution is 5.94. The van der Waals surface area contributed by atoms with Gasteiger partial charge in [0.15, 0.2) is 0 Å². The van der Waals surface area contributed by atoms with Gasteiger partial charge in [0.2, 0.25) is 0 Å². The van der Waals surface area contributed by atoms with Crippen molar-refractivity contribution in [3.8, 4) is 5.75 Å². The number of carbonyl (C=O) groups is 1. The number of rotatable bonds is 4. The van der Waals surface area contributed by atoms with Crippen LogP contribution in [0.1, 0.15) is 29.6 Å². The summed E-state index contributed by atoms with van der Waals surface area (Å²) in [7, 11) is 0. The molecule has 0 bridgehead atoms. The van der Waals surface area contributed by atoms with E-state index in [0.717, 1.165) is 25.5 Å². The number of aromatic hydroxyl groups is 1. The zero-order chi connectivity index (χ0) is 13.0. The number of carbonyl (C=O) groups excluding carboxylic acids is 1. The summed E-state index contributed by atoms with van der Waals surface area (Å²) in [4.78, 5) is 11.7. The van der Waals surface area contributed by atoms with Gasteiger partial charge < -0.3 is 15.7 Å². The van der Waals surface area contributed by atoms with Crippen molar-refractivity contribution in [1.82, 2.24) is 10.6 Å². The number of hydrogen-bond donors (Lipinski definition) is 3. The van der Waals surface area contributed by atoms with E-state index >= 15 is 0 Å². The number of benzene rings is 1. The van der Waals surface area contributed by atoms with E-state index in [0.29, 0.717) is 12.6 Å². The van der Waals surface area contributed by atoms with E-state index < -0.39 is 11.7 Å². The van der Waals surface area contributed by atoms with Gasteiger partial charge in [0.25, 0.3) is 5.91 Å². The molecule has 5 heteroatoms. The van der Waals surface area contributed by atoms with Crippen LogP contribution in [-0.4, -0.2) is 30.1 Å². The van der Waals surface area contributed by atoms with E-state index in [1.807, 2.05) is 0 Å². The van der Waals surface area contributed by atoms with Crippen LogP contribution in [-0.2, 0) is 0 Å². The van der Waals surface area contributed by atoms with Crippen LogP contribution >= 0.6 is 0 Å². The molecule has 0 saturated carbocycles. The highest BCUT2D eigenvalue weighted by Crippen LogP contribution is 2.15. The number of phenolic OH excluding ortho intramolecular Hbond substituents is 1. The molecular formula is C13H17FN2O2. The van der Waals surface area contributed by atoms with E-state index in [4.69, 9.17) is 5.11 Å². The molecule has 1 saturated heterocycles. The zero-order valence-electron chi connectivity index (χ0n) is 10.1. The van der Waals surface area contributed by atoms with Crippen LogP contribution in [0.15, 0.2) is 18.2 Å². The summed E-state index contributed by atoms with van der Waals surface area (Å²) in [5, 5.41) is 15.1. The Morgan fingerprint density at radius 2 is 2.39 bits per heavy atom. The quantitative estimate of drug-likeness (QED) is 0.759. The van der Waals surface area contributed by atoms with Crippen molar-refractivity contribution < 1.29 is 14.3 Å². The highest BCUT2D eigenvalue weighted by atomic mass is 19.1. The Morgan fingerprint density at radius 1 is 1.56 bits per heavy atom. The van der Waals surface area contributed by atoms with E-state index in [2.05, 4.69) is 10.6 Å². The van der Waals surface area contributed by atoms with E-state index in [9.17, 15) is 9.18 Å². The van der Waals surface area contributed by atoms with Crippen LogP contribution in [0.5, 0.6) is 5.75 Å². The molecule has 1 aliphatic heterocycles. The van der Waals surface area contributed by atoms with Gasteiger partial charge in [-0.25, -0.2) is 4.39 Å². The molecule has 2 rings (SSSR count). The molecule has 1 fully saturated rings. The molecule has 1 heterocycles. The average Bonchev–Trinajstić information content (AvgIpc) is 2.81. The van der Waals surface area contributed by atoms with Crippen LogP contribution in [0.25, 0.3) is 0 Å². The average molecular weight is 252 g/mol. The Balaban J connectivity index is 1.83. The van der Waals surface area contributed by atoms with Gasteiger partial charge in [-0.2, -0.15) is 0 Å². The van der Waals surface area contributed by atoms with Crippen LogP contribution < -0.4 is 10.6 Å². The van der Waals surface area contributed by atoms with Crippen molar-refractivity contribution in [2.45, 2.75) is 25.3 Å². The lowest BCUT2D eigenvalue weighted by atomic mass is 10.1.